The minimum Gasteiger partial charge on any atom is -0.305 e. The Bertz CT molecular complexity index is 487. The van der Waals surface area contributed by atoms with Crippen molar-refractivity contribution in [1.29, 1.82) is 0 Å². The number of nitrogens with one attached hydrogen (secondary N) is 1. The van der Waals surface area contributed by atoms with E-state index in [2.05, 4.69) is 10.3 Å². The molecule has 90 valence electrons. The molecule has 5 heteroatoms. The van der Waals surface area contributed by atoms with Gasteiger partial charge in [-0.05, 0) is 24.6 Å². The van der Waals surface area contributed by atoms with Gasteiger partial charge in [0, 0.05) is 18.0 Å². The SMILES string of the molecule is CC(NCc1ccc(F)c(Cl)c1)c1cscn1. The Morgan fingerprint density at radius 1 is 1.53 bits per heavy atom. The fraction of sp³-hybridized carbons (Fsp3) is 0.250. The van der Waals surface area contributed by atoms with Crippen molar-refractivity contribution >= 4 is 22.9 Å². The fourth-order valence-corrected chi connectivity index (χ4v) is 2.31. The van der Waals surface area contributed by atoms with Gasteiger partial charge in [0.1, 0.15) is 5.82 Å². The maximum absolute atomic E-state index is 13.0. The van der Waals surface area contributed by atoms with Crippen molar-refractivity contribution in [3.05, 3.63) is 51.2 Å². The van der Waals surface area contributed by atoms with E-state index in [9.17, 15) is 4.39 Å². The van der Waals surface area contributed by atoms with Crippen LogP contribution in [0.2, 0.25) is 5.02 Å². The predicted molar refractivity (Wildman–Crippen MR) is 68.8 cm³/mol. The van der Waals surface area contributed by atoms with Crippen molar-refractivity contribution in [2.75, 3.05) is 0 Å². The Kier molecular flexibility index (Phi) is 4.10. The third-order valence-electron chi connectivity index (χ3n) is 2.49. The maximum Gasteiger partial charge on any atom is 0.141 e. The molecular weight excluding hydrogens is 259 g/mol. The number of rotatable bonds is 4. The van der Waals surface area contributed by atoms with E-state index in [1.165, 1.54) is 6.07 Å². The number of thiazole rings is 1. The molecule has 0 fully saturated rings. The molecule has 1 atom stereocenters. The summed E-state index contributed by atoms with van der Waals surface area (Å²) in [7, 11) is 0. The minimum absolute atomic E-state index is 0.158. The van der Waals surface area contributed by atoms with Crippen LogP contribution in [-0.4, -0.2) is 4.98 Å². The molecule has 0 aliphatic rings. The number of hydrogen-bond acceptors (Lipinski definition) is 3. The molecule has 17 heavy (non-hydrogen) atoms. The lowest BCUT2D eigenvalue weighted by atomic mass is 10.2. The van der Waals surface area contributed by atoms with Gasteiger partial charge in [-0.2, -0.15) is 0 Å². The topological polar surface area (TPSA) is 24.9 Å². The van der Waals surface area contributed by atoms with Crippen LogP contribution in [-0.2, 0) is 6.54 Å². The standard InChI is InChI=1S/C12H12ClFN2S/c1-8(12-6-17-7-16-12)15-5-9-2-3-11(14)10(13)4-9/h2-4,6-8,15H,5H2,1H3. The molecule has 0 aliphatic heterocycles. The summed E-state index contributed by atoms with van der Waals surface area (Å²) >= 11 is 7.29. The first-order chi connectivity index (χ1) is 8.16. The van der Waals surface area contributed by atoms with E-state index in [0.29, 0.717) is 6.54 Å². The van der Waals surface area contributed by atoms with Gasteiger partial charge in [0.05, 0.1) is 16.2 Å². The quantitative estimate of drug-likeness (QED) is 0.914. The Balaban J connectivity index is 1.96. The summed E-state index contributed by atoms with van der Waals surface area (Å²) < 4.78 is 13.0. The van der Waals surface area contributed by atoms with Crippen LogP contribution in [0.25, 0.3) is 0 Å². The molecule has 0 saturated carbocycles. The Labute approximate surface area is 108 Å². The van der Waals surface area contributed by atoms with Crippen LogP contribution in [0.15, 0.2) is 29.1 Å². The first-order valence-corrected chi connectivity index (χ1v) is 6.54. The van der Waals surface area contributed by atoms with E-state index >= 15 is 0 Å². The van der Waals surface area contributed by atoms with Gasteiger partial charge in [-0.3, -0.25) is 0 Å². The van der Waals surface area contributed by atoms with Crippen LogP contribution < -0.4 is 5.32 Å². The highest BCUT2D eigenvalue weighted by atomic mass is 35.5. The van der Waals surface area contributed by atoms with Crippen molar-refractivity contribution in [2.24, 2.45) is 0 Å². The number of halogens is 2. The number of nitrogens with zero attached hydrogens (tertiary/aromatic N) is 1. The molecule has 0 saturated heterocycles. The third kappa shape index (κ3) is 3.25. The van der Waals surface area contributed by atoms with Gasteiger partial charge in [0.15, 0.2) is 0 Å². The predicted octanol–water partition coefficient (Wildman–Crippen LogP) is 3.79. The first kappa shape index (κ1) is 12.5. The highest BCUT2D eigenvalue weighted by Gasteiger charge is 2.07. The Hall–Kier alpha value is -0.970. The number of aromatic nitrogens is 1. The van der Waals surface area contributed by atoms with Crippen molar-refractivity contribution in [3.8, 4) is 0 Å². The molecule has 2 nitrogen and oxygen atoms in total. The summed E-state index contributed by atoms with van der Waals surface area (Å²) in [5, 5.41) is 5.48. The van der Waals surface area contributed by atoms with E-state index < -0.39 is 0 Å². The van der Waals surface area contributed by atoms with E-state index in [4.69, 9.17) is 11.6 Å². The van der Waals surface area contributed by atoms with Crippen LogP contribution >= 0.6 is 22.9 Å². The van der Waals surface area contributed by atoms with Gasteiger partial charge >= 0.3 is 0 Å². The van der Waals surface area contributed by atoms with Gasteiger partial charge in [0.25, 0.3) is 0 Å². The molecule has 2 aromatic rings. The second-order valence-electron chi connectivity index (χ2n) is 3.76. The molecule has 1 N–H and O–H groups in total. The molecule has 0 aliphatic carbocycles. The van der Waals surface area contributed by atoms with Crippen molar-refractivity contribution < 1.29 is 4.39 Å². The molecule has 0 spiro atoms. The molecular formula is C12H12ClFN2S. The number of benzene rings is 1. The zero-order valence-electron chi connectivity index (χ0n) is 9.28. The molecule has 2 rings (SSSR count). The van der Waals surface area contributed by atoms with Gasteiger partial charge in [-0.25, -0.2) is 9.37 Å². The van der Waals surface area contributed by atoms with E-state index in [-0.39, 0.29) is 16.9 Å². The zero-order chi connectivity index (χ0) is 12.3. The Morgan fingerprint density at radius 3 is 3.00 bits per heavy atom. The van der Waals surface area contributed by atoms with Crippen LogP contribution in [0.5, 0.6) is 0 Å². The van der Waals surface area contributed by atoms with Crippen LogP contribution in [0, 0.1) is 5.82 Å². The van der Waals surface area contributed by atoms with Gasteiger partial charge in [-0.1, -0.05) is 17.7 Å². The fourth-order valence-electron chi connectivity index (χ4n) is 1.46. The summed E-state index contributed by atoms with van der Waals surface area (Å²) in [6.45, 7) is 2.68. The average molecular weight is 271 g/mol. The lowest BCUT2D eigenvalue weighted by Gasteiger charge is -2.11. The lowest BCUT2D eigenvalue weighted by molar-refractivity contribution is 0.562. The second-order valence-corrected chi connectivity index (χ2v) is 4.89. The highest BCUT2D eigenvalue weighted by molar-refractivity contribution is 7.07. The smallest absolute Gasteiger partial charge is 0.141 e. The first-order valence-electron chi connectivity index (χ1n) is 5.22. The molecule has 0 amide bonds. The van der Waals surface area contributed by atoms with E-state index in [0.717, 1.165) is 11.3 Å². The Morgan fingerprint density at radius 2 is 2.35 bits per heavy atom. The summed E-state index contributed by atoms with van der Waals surface area (Å²) in [6, 6.07) is 4.91. The van der Waals surface area contributed by atoms with Crippen LogP contribution in [0.4, 0.5) is 4.39 Å². The van der Waals surface area contributed by atoms with Crippen molar-refractivity contribution in [3.63, 3.8) is 0 Å². The van der Waals surface area contributed by atoms with Crippen LogP contribution in [0.1, 0.15) is 24.2 Å². The summed E-state index contributed by atoms with van der Waals surface area (Å²) in [5.74, 6) is -0.386. The number of hydrogen-bond donors (Lipinski definition) is 1. The zero-order valence-corrected chi connectivity index (χ0v) is 10.9. The normalized spacial score (nSPS) is 12.6. The largest absolute Gasteiger partial charge is 0.305 e. The molecule has 1 heterocycles. The molecule has 1 aromatic heterocycles. The molecule has 1 unspecified atom stereocenters. The van der Waals surface area contributed by atoms with Crippen molar-refractivity contribution in [2.45, 2.75) is 19.5 Å². The lowest BCUT2D eigenvalue weighted by Crippen LogP contribution is -2.18. The van der Waals surface area contributed by atoms with Crippen molar-refractivity contribution in [1.82, 2.24) is 10.3 Å². The van der Waals surface area contributed by atoms with Gasteiger partial charge in [-0.15, -0.1) is 11.3 Å². The minimum atomic E-state index is -0.386. The molecule has 0 bridgehead atoms. The molecule has 1 aromatic carbocycles. The summed E-state index contributed by atoms with van der Waals surface area (Å²) in [6.07, 6.45) is 0. The van der Waals surface area contributed by atoms with Crippen LogP contribution in [0.3, 0.4) is 0 Å². The molecule has 0 radical (unpaired) electrons. The van der Waals surface area contributed by atoms with E-state index in [1.54, 1.807) is 23.5 Å². The summed E-state index contributed by atoms with van der Waals surface area (Å²) in [5.41, 5.74) is 3.78. The van der Waals surface area contributed by atoms with Gasteiger partial charge in [0.2, 0.25) is 0 Å². The maximum atomic E-state index is 13.0. The second kappa shape index (κ2) is 5.58. The van der Waals surface area contributed by atoms with E-state index in [1.807, 2.05) is 17.8 Å². The highest BCUT2D eigenvalue weighted by Crippen LogP contribution is 2.17. The average Bonchev–Trinajstić information content (AvgIpc) is 2.84. The summed E-state index contributed by atoms with van der Waals surface area (Å²) in [4.78, 5) is 4.23. The monoisotopic (exact) mass is 270 g/mol. The third-order valence-corrected chi connectivity index (χ3v) is 3.39. The van der Waals surface area contributed by atoms with Gasteiger partial charge < -0.3 is 5.32 Å².